The lowest BCUT2D eigenvalue weighted by molar-refractivity contribution is 0.243. The van der Waals surface area contributed by atoms with Crippen LogP contribution in [0, 0.1) is 11.7 Å². The van der Waals surface area contributed by atoms with Gasteiger partial charge in [0.25, 0.3) is 5.88 Å². The molecule has 14 heavy (non-hydrogen) atoms. The smallest absolute Gasteiger partial charge is 0.253 e. The van der Waals surface area contributed by atoms with E-state index in [2.05, 4.69) is 9.97 Å². The fourth-order valence-corrected chi connectivity index (χ4v) is 0.995. The van der Waals surface area contributed by atoms with Crippen LogP contribution in [0.15, 0.2) is 12.5 Å². The van der Waals surface area contributed by atoms with Crippen molar-refractivity contribution < 1.29 is 9.13 Å². The Hall–Kier alpha value is -0.940. The lowest BCUT2D eigenvalue weighted by Crippen LogP contribution is -2.23. The minimum absolute atomic E-state index is 0.00559. The highest BCUT2D eigenvalue weighted by atomic mass is 35.5. The molecule has 0 aliphatic heterocycles. The molecule has 0 bridgehead atoms. The predicted octanol–water partition coefficient (Wildman–Crippen LogP) is 0.808. The molecule has 0 saturated carbocycles. The molecule has 78 valence electrons. The third-order valence-corrected chi connectivity index (χ3v) is 2.08. The fraction of sp³-hybridized carbons (Fsp3) is 0.500. The van der Waals surface area contributed by atoms with Crippen LogP contribution in [0.4, 0.5) is 4.39 Å². The van der Waals surface area contributed by atoms with Crippen LogP contribution in [0.5, 0.6) is 5.88 Å². The largest absolute Gasteiger partial charge is 0.475 e. The molecule has 1 aromatic rings. The highest BCUT2D eigenvalue weighted by Gasteiger charge is 2.09. The molecule has 0 aliphatic carbocycles. The summed E-state index contributed by atoms with van der Waals surface area (Å²) in [6.07, 6.45) is 2.26. The fourth-order valence-electron chi connectivity index (χ4n) is 0.780. The summed E-state index contributed by atoms with van der Waals surface area (Å²) in [5, 5.41) is 0. The summed E-state index contributed by atoms with van der Waals surface area (Å²) >= 11 is 5.59. The molecular weight excluding hydrogens is 209 g/mol. The molecule has 6 heteroatoms. The quantitative estimate of drug-likeness (QED) is 0.745. The van der Waals surface area contributed by atoms with Crippen LogP contribution >= 0.6 is 11.6 Å². The van der Waals surface area contributed by atoms with Gasteiger partial charge in [-0.1, -0.05) is 0 Å². The van der Waals surface area contributed by atoms with E-state index in [1.807, 2.05) is 0 Å². The number of hydrogen-bond acceptors (Lipinski definition) is 4. The molecule has 0 aromatic carbocycles. The van der Waals surface area contributed by atoms with Gasteiger partial charge in [-0.05, 0) is 6.54 Å². The van der Waals surface area contributed by atoms with E-state index in [0.717, 1.165) is 6.20 Å². The van der Waals surface area contributed by atoms with Crippen molar-refractivity contribution in [1.82, 2.24) is 9.97 Å². The summed E-state index contributed by atoms with van der Waals surface area (Å²) in [4.78, 5) is 7.12. The van der Waals surface area contributed by atoms with E-state index in [0.29, 0.717) is 12.4 Å². The zero-order valence-electron chi connectivity index (χ0n) is 7.49. The third-order valence-electron chi connectivity index (χ3n) is 1.64. The molecule has 0 aliphatic rings. The van der Waals surface area contributed by atoms with Crippen molar-refractivity contribution in [3.63, 3.8) is 0 Å². The Kier molecular flexibility index (Phi) is 4.55. The summed E-state index contributed by atoms with van der Waals surface area (Å²) in [7, 11) is 0. The minimum Gasteiger partial charge on any atom is -0.475 e. The van der Waals surface area contributed by atoms with Gasteiger partial charge in [0.2, 0.25) is 5.82 Å². The topological polar surface area (TPSA) is 61.0 Å². The number of halogens is 2. The second-order valence-corrected chi connectivity index (χ2v) is 3.05. The minimum atomic E-state index is -0.585. The van der Waals surface area contributed by atoms with Crippen molar-refractivity contribution in [3.05, 3.63) is 18.3 Å². The monoisotopic (exact) mass is 219 g/mol. The van der Waals surface area contributed by atoms with Crippen LogP contribution in [-0.4, -0.2) is 29.0 Å². The van der Waals surface area contributed by atoms with Crippen molar-refractivity contribution in [3.8, 4) is 5.88 Å². The van der Waals surface area contributed by atoms with Crippen molar-refractivity contribution in [2.75, 3.05) is 19.0 Å². The molecule has 0 amide bonds. The van der Waals surface area contributed by atoms with Crippen LogP contribution in [0.25, 0.3) is 0 Å². The molecule has 0 radical (unpaired) electrons. The molecule has 0 spiro atoms. The van der Waals surface area contributed by atoms with E-state index >= 15 is 0 Å². The Bertz CT molecular complexity index is 283. The van der Waals surface area contributed by atoms with Gasteiger partial charge < -0.3 is 10.5 Å². The standard InChI is InChI=1S/C8H11ClFN3O/c9-1-6(2-11)4-14-8-7(10)3-12-5-13-8/h3,5-6H,1-2,4,11H2. The molecule has 4 nitrogen and oxygen atoms in total. The lowest BCUT2D eigenvalue weighted by Gasteiger charge is -2.11. The first kappa shape index (κ1) is 11.1. The maximum atomic E-state index is 12.9. The van der Waals surface area contributed by atoms with Gasteiger partial charge >= 0.3 is 0 Å². The SMILES string of the molecule is NCC(CCl)COc1ncncc1F. The molecule has 1 atom stereocenters. The Morgan fingerprint density at radius 2 is 2.43 bits per heavy atom. The van der Waals surface area contributed by atoms with Gasteiger partial charge in [0.05, 0.1) is 12.8 Å². The van der Waals surface area contributed by atoms with Crippen LogP contribution < -0.4 is 10.5 Å². The molecule has 1 rings (SSSR count). The molecule has 0 saturated heterocycles. The Morgan fingerprint density at radius 3 is 3.00 bits per heavy atom. The first-order chi connectivity index (χ1) is 6.77. The zero-order valence-corrected chi connectivity index (χ0v) is 8.25. The van der Waals surface area contributed by atoms with E-state index in [1.54, 1.807) is 0 Å². The van der Waals surface area contributed by atoms with E-state index in [1.165, 1.54) is 6.33 Å². The maximum absolute atomic E-state index is 12.9. The molecule has 2 N–H and O–H groups in total. The molecule has 1 aromatic heterocycles. The van der Waals surface area contributed by atoms with E-state index in [-0.39, 0.29) is 18.4 Å². The number of hydrogen-bond donors (Lipinski definition) is 1. The first-order valence-corrected chi connectivity index (χ1v) is 4.65. The number of rotatable bonds is 5. The summed E-state index contributed by atoms with van der Waals surface area (Å²) in [6.45, 7) is 0.657. The highest BCUT2D eigenvalue weighted by molar-refractivity contribution is 6.18. The van der Waals surface area contributed by atoms with Crippen LogP contribution in [0.1, 0.15) is 0 Å². The van der Waals surface area contributed by atoms with Gasteiger partial charge in [0.1, 0.15) is 6.33 Å². The Morgan fingerprint density at radius 1 is 1.64 bits per heavy atom. The van der Waals surface area contributed by atoms with Gasteiger partial charge in [-0.2, -0.15) is 9.37 Å². The van der Waals surface area contributed by atoms with Gasteiger partial charge in [0, 0.05) is 11.8 Å². The number of nitrogens with zero attached hydrogens (tertiary/aromatic N) is 2. The zero-order chi connectivity index (χ0) is 10.4. The van der Waals surface area contributed by atoms with Crippen molar-refractivity contribution in [1.29, 1.82) is 0 Å². The van der Waals surface area contributed by atoms with Gasteiger partial charge in [-0.25, -0.2) is 4.98 Å². The van der Waals surface area contributed by atoms with Crippen molar-refractivity contribution in [2.45, 2.75) is 0 Å². The summed E-state index contributed by atoms with van der Waals surface area (Å²) < 4.78 is 18.0. The van der Waals surface area contributed by atoms with Gasteiger partial charge in [-0.3, -0.25) is 0 Å². The van der Waals surface area contributed by atoms with Crippen molar-refractivity contribution in [2.24, 2.45) is 11.7 Å². The summed E-state index contributed by atoms with van der Waals surface area (Å²) in [5.41, 5.74) is 5.39. The number of nitrogens with two attached hydrogens (primary N) is 1. The second kappa shape index (κ2) is 5.72. The molecule has 1 unspecified atom stereocenters. The number of alkyl halides is 1. The normalized spacial score (nSPS) is 12.5. The molecule has 0 fully saturated rings. The van der Waals surface area contributed by atoms with Gasteiger partial charge in [0.15, 0.2) is 0 Å². The van der Waals surface area contributed by atoms with Crippen LogP contribution in [-0.2, 0) is 0 Å². The Balaban J connectivity index is 2.49. The third kappa shape index (κ3) is 3.08. The predicted molar refractivity (Wildman–Crippen MR) is 50.7 cm³/mol. The van der Waals surface area contributed by atoms with Crippen LogP contribution in [0.3, 0.4) is 0 Å². The first-order valence-electron chi connectivity index (χ1n) is 4.12. The van der Waals surface area contributed by atoms with E-state index in [4.69, 9.17) is 22.1 Å². The maximum Gasteiger partial charge on any atom is 0.253 e. The Labute approximate surface area is 86.3 Å². The lowest BCUT2D eigenvalue weighted by atomic mass is 10.2. The molecule has 1 heterocycles. The summed E-state index contributed by atoms with van der Waals surface area (Å²) in [6, 6.07) is 0. The highest BCUT2D eigenvalue weighted by Crippen LogP contribution is 2.11. The number of ether oxygens (including phenoxy) is 1. The van der Waals surface area contributed by atoms with E-state index in [9.17, 15) is 4.39 Å². The second-order valence-electron chi connectivity index (χ2n) is 2.74. The number of aromatic nitrogens is 2. The summed E-state index contributed by atoms with van der Waals surface area (Å²) in [5.74, 6) is -0.268. The van der Waals surface area contributed by atoms with Gasteiger partial charge in [-0.15, -0.1) is 11.6 Å². The van der Waals surface area contributed by atoms with E-state index < -0.39 is 5.82 Å². The van der Waals surface area contributed by atoms with Crippen LogP contribution in [0.2, 0.25) is 0 Å². The van der Waals surface area contributed by atoms with Crippen molar-refractivity contribution >= 4 is 11.6 Å². The average molecular weight is 220 g/mol. The average Bonchev–Trinajstić information content (AvgIpc) is 2.22. The molecular formula is C8H11ClFN3O.